The number of nitrogens with zero attached hydrogens (tertiary/aromatic N) is 3. The lowest BCUT2D eigenvalue weighted by atomic mass is 9.84. The summed E-state index contributed by atoms with van der Waals surface area (Å²) in [5, 5.41) is 7.18. The van der Waals surface area contributed by atoms with Crippen molar-refractivity contribution in [3.05, 3.63) is 70.8 Å². The van der Waals surface area contributed by atoms with Gasteiger partial charge < -0.3 is 5.32 Å². The molecule has 1 N–H and O–H groups in total. The molecule has 3 aromatic rings. The van der Waals surface area contributed by atoms with Gasteiger partial charge >= 0.3 is 5.69 Å². The zero-order valence-electron chi connectivity index (χ0n) is 14.5. The predicted octanol–water partition coefficient (Wildman–Crippen LogP) is 1.98. The van der Waals surface area contributed by atoms with Crippen LogP contribution in [-0.4, -0.2) is 26.6 Å². The van der Waals surface area contributed by atoms with Crippen molar-refractivity contribution in [1.29, 1.82) is 0 Å². The zero-order chi connectivity index (χ0) is 17.9. The van der Waals surface area contributed by atoms with E-state index in [0.29, 0.717) is 12.2 Å². The molecule has 0 radical (unpaired) electrons. The van der Waals surface area contributed by atoms with Crippen molar-refractivity contribution >= 4 is 11.6 Å². The number of pyridine rings is 1. The Morgan fingerprint density at radius 2 is 1.84 bits per heavy atom. The van der Waals surface area contributed by atoms with Gasteiger partial charge in [-0.05, 0) is 17.7 Å². The maximum Gasteiger partial charge on any atom is 0.350 e. The Labute approximate surface area is 146 Å². The number of benzene rings is 1. The number of amides is 1. The molecule has 0 atom stereocenters. The van der Waals surface area contributed by atoms with Crippen LogP contribution in [-0.2, 0) is 16.8 Å². The van der Waals surface area contributed by atoms with E-state index in [4.69, 9.17) is 0 Å². The first-order valence-corrected chi connectivity index (χ1v) is 8.34. The van der Waals surface area contributed by atoms with Crippen LogP contribution in [0.5, 0.6) is 0 Å². The monoisotopic (exact) mass is 338 g/mol. The fourth-order valence-corrected chi connectivity index (χ4v) is 2.72. The van der Waals surface area contributed by atoms with Crippen LogP contribution < -0.4 is 11.0 Å². The Balaban J connectivity index is 1.58. The molecule has 0 fully saturated rings. The van der Waals surface area contributed by atoms with Crippen molar-refractivity contribution in [2.45, 2.75) is 32.2 Å². The summed E-state index contributed by atoms with van der Waals surface area (Å²) >= 11 is 0. The highest BCUT2D eigenvalue weighted by atomic mass is 16.2. The van der Waals surface area contributed by atoms with Crippen molar-refractivity contribution in [1.82, 2.24) is 19.5 Å². The average Bonchev–Trinajstić information content (AvgIpc) is 2.95. The molecule has 25 heavy (non-hydrogen) atoms. The highest BCUT2D eigenvalue weighted by Crippen LogP contribution is 2.21. The average molecular weight is 338 g/mol. The van der Waals surface area contributed by atoms with E-state index in [1.54, 1.807) is 18.3 Å². The standard InChI is InChI=1S/C19H22N4O2/c1-19(2,15-8-4-3-5-9-15)14-20-17(24)11-13-23-18(25)22-12-7-6-10-16(22)21-23/h3-10,12H,11,13-14H2,1-2H3,(H,20,24). The molecule has 0 saturated heterocycles. The van der Waals surface area contributed by atoms with Gasteiger partial charge in [0.2, 0.25) is 5.91 Å². The predicted molar refractivity (Wildman–Crippen MR) is 96.5 cm³/mol. The molecular weight excluding hydrogens is 316 g/mol. The maximum atomic E-state index is 12.2. The number of rotatable bonds is 6. The van der Waals surface area contributed by atoms with Gasteiger partial charge in [-0.15, -0.1) is 5.10 Å². The van der Waals surface area contributed by atoms with Gasteiger partial charge in [-0.1, -0.05) is 50.2 Å². The molecule has 0 aliphatic rings. The molecule has 1 aromatic carbocycles. The molecule has 0 bridgehead atoms. The largest absolute Gasteiger partial charge is 0.355 e. The van der Waals surface area contributed by atoms with Crippen LogP contribution in [0.2, 0.25) is 0 Å². The van der Waals surface area contributed by atoms with Crippen molar-refractivity contribution in [2.24, 2.45) is 0 Å². The van der Waals surface area contributed by atoms with E-state index in [2.05, 4.69) is 36.4 Å². The van der Waals surface area contributed by atoms with Crippen LogP contribution >= 0.6 is 0 Å². The van der Waals surface area contributed by atoms with Crippen molar-refractivity contribution in [3.8, 4) is 0 Å². The Morgan fingerprint density at radius 3 is 2.56 bits per heavy atom. The molecule has 130 valence electrons. The normalized spacial score (nSPS) is 11.6. The van der Waals surface area contributed by atoms with E-state index >= 15 is 0 Å². The Bertz CT molecular complexity index is 925. The van der Waals surface area contributed by atoms with Crippen molar-refractivity contribution < 1.29 is 4.79 Å². The third-order valence-corrected chi connectivity index (χ3v) is 4.32. The Kier molecular flexibility index (Phi) is 4.70. The molecule has 0 aliphatic heterocycles. The van der Waals surface area contributed by atoms with Crippen LogP contribution in [0.1, 0.15) is 25.8 Å². The lowest BCUT2D eigenvalue weighted by Crippen LogP contribution is -2.37. The summed E-state index contributed by atoms with van der Waals surface area (Å²) in [5.74, 6) is -0.0898. The van der Waals surface area contributed by atoms with Crippen LogP contribution in [0, 0.1) is 0 Å². The summed E-state index contributed by atoms with van der Waals surface area (Å²) < 4.78 is 2.80. The highest BCUT2D eigenvalue weighted by Gasteiger charge is 2.21. The van der Waals surface area contributed by atoms with Crippen molar-refractivity contribution in [3.63, 3.8) is 0 Å². The summed E-state index contributed by atoms with van der Waals surface area (Å²) in [7, 11) is 0. The minimum Gasteiger partial charge on any atom is -0.355 e. The lowest BCUT2D eigenvalue weighted by molar-refractivity contribution is -0.121. The quantitative estimate of drug-likeness (QED) is 0.747. The summed E-state index contributed by atoms with van der Waals surface area (Å²) in [6.45, 7) is 4.98. The van der Waals surface area contributed by atoms with E-state index in [-0.39, 0.29) is 30.0 Å². The van der Waals surface area contributed by atoms with Gasteiger partial charge in [-0.2, -0.15) is 0 Å². The lowest BCUT2D eigenvalue weighted by Gasteiger charge is -2.25. The second-order valence-corrected chi connectivity index (χ2v) is 6.71. The fraction of sp³-hybridized carbons (Fsp3) is 0.316. The number of hydrogen-bond acceptors (Lipinski definition) is 3. The number of aryl methyl sites for hydroxylation is 1. The van der Waals surface area contributed by atoms with Gasteiger partial charge in [-0.25, -0.2) is 9.48 Å². The molecule has 0 spiro atoms. The number of carbonyl (C=O) groups is 1. The molecule has 0 saturated carbocycles. The third-order valence-electron chi connectivity index (χ3n) is 4.32. The molecule has 0 aliphatic carbocycles. The summed E-state index contributed by atoms with van der Waals surface area (Å²) in [6, 6.07) is 15.4. The van der Waals surface area contributed by atoms with Gasteiger partial charge in [-0.3, -0.25) is 9.20 Å². The second-order valence-electron chi connectivity index (χ2n) is 6.71. The Hall–Kier alpha value is -2.89. The van der Waals surface area contributed by atoms with E-state index < -0.39 is 0 Å². The maximum absolute atomic E-state index is 12.2. The smallest absolute Gasteiger partial charge is 0.350 e. The zero-order valence-corrected chi connectivity index (χ0v) is 14.5. The first-order valence-electron chi connectivity index (χ1n) is 8.34. The van der Waals surface area contributed by atoms with Crippen LogP contribution in [0.4, 0.5) is 0 Å². The molecule has 6 heteroatoms. The topological polar surface area (TPSA) is 68.4 Å². The molecule has 2 aromatic heterocycles. The molecule has 3 rings (SSSR count). The van der Waals surface area contributed by atoms with Gasteiger partial charge in [0.15, 0.2) is 5.65 Å². The summed E-state index contributed by atoms with van der Waals surface area (Å²) in [6.07, 6.45) is 1.89. The highest BCUT2D eigenvalue weighted by molar-refractivity contribution is 5.75. The third kappa shape index (κ3) is 3.79. The number of aromatic nitrogens is 3. The van der Waals surface area contributed by atoms with Crippen LogP contribution in [0.15, 0.2) is 59.5 Å². The molecule has 0 unspecified atom stereocenters. The van der Waals surface area contributed by atoms with Crippen molar-refractivity contribution in [2.75, 3.05) is 6.54 Å². The SMILES string of the molecule is CC(C)(CNC(=O)CCn1nc2ccccn2c1=O)c1ccccc1. The van der Waals surface area contributed by atoms with E-state index in [0.717, 1.165) is 0 Å². The van der Waals surface area contributed by atoms with Crippen LogP contribution in [0.25, 0.3) is 5.65 Å². The van der Waals surface area contributed by atoms with E-state index in [1.165, 1.54) is 14.6 Å². The molecule has 6 nitrogen and oxygen atoms in total. The van der Waals surface area contributed by atoms with Gasteiger partial charge in [0.1, 0.15) is 0 Å². The van der Waals surface area contributed by atoms with Crippen LogP contribution in [0.3, 0.4) is 0 Å². The van der Waals surface area contributed by atoms with Gasteiger partial charge in [0.05, 0.1) is 6.54 Å². The number of fused-ring (bicyclic) bond motifs is 1. The first kappa shape index (κ1) is 17.0. The van der Waals surface area contributed by atoms with E-state index in [9.17, 15) is 9.59 Å². The number of nitrogens with one attached hydrogen (secondary N) is 1. The van der Waals surface area contributed by atoms with Gasteiger partial charge in [0.25, 0.3) is 0 Å². The molecular formula is C19H22N4O2. The summed E-state index contributed by atoms with van der Waals surface area (Å²) in [4.78, 5) is 24.3. The minimum absolute atomic E-state index is 0.0898. The Morgan fingerprint density at radius 1 is 1.12 bits per heavy atom. The van der Waals surface area contributed by atoms with Gasteiger partial charge in [0, 0.05) is 24.6 Å². The number of carbonyl (C=O) groups excluding carboxylic acids is 1. The first-order chi connectivity index (χ1) is 12.0. The molecule has 1 amide bonds. The van der Waals surface area contributed by atoms with E-state index in [1.807, 2.05) is 24.3 Å². The number of hydrogen-bond donors (Lipinski definition) is 1. The minimum atomic E-state index is -0.229. The fourth-order valence-electron chi connectivity index (χ4n) is 2.72. The molecule has 2 heterocycles. The second kappa shape index (κ2) is 6.93. The summed E-state index contributed by atoms with van der Waals surface area (Å²) in [5.41, 5.74) is 1.37.